The molecule has 106 valence electrons. The number of anilines is 1. The number of nitrogens with one attached hydrogen (secondary N) is 1. The van der Waals surface area contributed by atoms with Gasteiger partial charge in [0, 0.05) is 11.1 Å². The van der Waals surface area contributed by atoms with Crippen LogP contribution in [-0.2, 0) is 6.54 Å². The topological polar surface area (TPSA) is 24.9 Å². The third-order valence-electron chi connectivity index (χ3n) is 3.38. The van der Waals surface area contributed by atoms with Crippen LogP contribution in [0.1, 0.15) is 11.3 Å². The van der Waals surface area contributed by atoms with E-state index in [9.17, 15) is 4.39 Å². The number of nitrogens with zero attached hydrogens (tertiary/aromatic N) is 1. The molecule has 4 heteroatoms. The summed E-state index contributed by atoms with van der Waals surface area (Å²) in [6, 6.07) is 15.4. The first kappa shape index (κ1) is 14.0. The van der Waals surface area contributed by atoms with Crippen molar-refractivity contribution in [3.8, 4) is 0 Å². The Morgan fingerprint density at radius 1 is 1.14 bits per heavy atom. The quantitative estimate of drug-likeness (QED) is 0.718. The van der Waals surface area contributed by atoms with Crippen LogP contribution in [0.25, 0.3) is 10.9 Å². The second kappa shape index (κ2) is 5.82. The van der Waals surface area contributed by atoms with E-state index in [4.69, 9.17) is 0 Å². The molecule has 0 bridgehead atoms. The van der Waals surface area contributed by atoms with Gasteiger partial charge >= 0.3 is 0 Å². The number of fused-ring (bicyclic) bond motifs is 1. The molecule has 0 aliphatic heterocycles. The highest BCUT2D eigenvalue weighted by molar-refractivity contribution is 9.10. The van der Waals surface area contributed by atoms with Crippen molar-refractivity contribution in [2.24, 2.45) is 0 Å². The van der Waals surface area contributed by atoms with Gasteiger partial charge < -0.3 is 5.32 Å². The predicted octanol–water partition coefficient (Wildman–Crippen LogP) is 5.06. The highest BCUT2D eigenvalue weighted by Gasteiger charge is 2.05. The first-order valence-electron chi connectivity index (χ1n) is 6.68. The molecule has 0 saturated carbocycles. The molecule has 0 fully saturated rings. The van der Waals surface area contributed by atoms with Crippen LogP contribution >= 0.6 is 15.9 Å². The summed E-state index contributed by atoms with van der Waals surface area (Å²) in [5.41, 5.74) is 3.71. The molecule has 1 aromatic heterocycles. The second-order valence-corrected chi connectivity index (χ2v) is 5.78. The molecule has 3 aromatic rings. The minimum Gasteiger partial charge on any atom is -0.379 e. The molecule has 0 atom stereocenters. The maximum absolute atomic E-state index is 13.4. The zero-order chi connectivity index (χ0) is 14.8. The fourth-order valence-electron chi connectivity index (χ4n) is 2.23. The average Bonchev–Trinajstić information content (AvgIpc) is 2.49. The van der Waals surface area contributed by atoms with Crippen LogP contribution in [-0.4, -0.2) is 4.98 Å². The number of halogens is 2. The van der Waals surface area contributed by atoms with Crippen LogP contribution < -0.4 is 5.32 Å². The SMILES string of the molecule is Cc1cc(F)c(Br)cc1NCc1ccc2ccccc2n1. The van der Waals surface area contributed by atoms with Crippen LogP contribution in [0, 0.1) is 12.7 Å². The Morgan fingerprint density at radius 2 is 1.95 bits per heavy atom. The lowest BCUT2D eigenvalue weighted by Gasteiger charge is -2.11. The molecule has 0 spiro atoms. The first-order valence-corrected chi connectivity index (χ1v) is 7.47. The van der Waals surface area contributed by atoms with Gasteiger partial charge in [-0.15, -0.1) is 0 Å². The van der Waals surface area contributed by atoms with Gasteiger partial charge in [0.1, 0.15) is 5.82 Å². The van der Waals surface area contributed by atoms with Gasteiger partial charge in [-0.25, -0.2) is 4.39 Å². The Hall–Kier alpha value is -1.94. The lowest BCUT2D eigenvalue weighted by molar-refractivity contribution is 0.620. The van der Waals surface area contributed by atoms with E-state index in [0.29, 0.717) is 11.0 Å². The Balaban J connectivity index is 1.81. The molecular weight excluding hydrogens is 331 g/mol. The van der Waals surface area contributed by atoms with Crippen molar-refractivity contribution in [1.29, 1.82) is 0 Å². The fourth-order valence-corrected chi connectivity index (χ4v) is 2.57. The van der Waals surface area contributed by atoms with Crippen LogP contribution in [0.2, 0.25) is 0 Å². The Labute approximate surface area is 131 Å². The van der Waals surface area contributed by atoms with Crippen molar-refractivity contribution in [2.75, 3.05) is 5.32 Å². The lowest BCUT2D eigenvalue weighted by atomic mass is 10.2. The van der Waals surface area contributed by atoms with E-state index in [2.05, 4.69) is 32.3 Å². The van der Waals surface area contributed by atoms with Crippen molar-refractivity contribution in [3.63, 3.8) is 0 Å². The van der Waals surface area contributed by atoms with Gasteiger partial charge in [0.05, 0.1) is 22.2 Å². The normalized spacial score (nSPS) is 10.8. The molecule has 0 unspecified atom stereocenters. The predicted molar refractivity (Wildman–Crippen MR) is 87.9 cm³/mol. The molecule has 3 rings (SSSR count). The Kier molecular flexibility index (Phi) is 3.88. The van der Waals surface area contributed by atoms with E-state index in [1.54, 1.807) is 6.07 Å². The molecule has 2 aromatic carbocycles. The molecular formula is C17H14BrFN2. The van der Waals surface area contributed by atoms with Gasteiger partial charge in [-0.1, -0.05) is 24.3 Å². The number of para-hydroxylation sites is 1. The standard InChI is InChI=1S/C17H14BrFN2/c1-11-8-15(19)14(18)9-17(11)20-10-13-7-6-12-4-2-3-5-16(12)21-13/h2-9,20H,10H2,1H3. The molecule has 0 amide bonds. The van der Waals surface area contributed by atoms with Crippen LogP contribution in [0.5, 0.6) is 0 Å². The number of pyridine rings is 1. The molecule has 0 aliphatic carbocycles. The number of hydrogen-bond donors (Lipinski definition) is 1. The van der Waals surface area contributed by atoms with E-state index in [0.717, 1.165) is 27.8 Å². The molecule has 0 radical (unpaired) electrons. The molecule has 1 heterocycles. The largest absolute Gasteiger partial charge is 0.379 e. The van der Waals surface area contributed by atoms with Crippen molar-refractivity contribution in [1.82, 2.24) is 4.98 Å². The first-order chi connectivity index (χ1) is 10.1. The zero-order valence-electron chi connectivity index (χ0n) is 11.5. The van der Waals surface area contributed by atoms with E-state index in [1.807, 2.05) is 37.3 Å². The van der Waals surface area contributed by atoms with E-state index in [-0.39, 0.29) is 5.82 Å². The van der Waals surface area contributed by atoms with Gasteiger partial charge in [0.15, 0.2) is 0 Å². The van der Waals surface area contributed by atoms with Gasteiger partial charge in [0.2, 0.25) is 0 Å². The summed E-state index contributed by atoms with van der Waals surface area (Å²) in [6.07, 6.45) is 0. The minimum atomic E-state index is -0.248. The summed E-state index contributed by atoms with van der Waals surface area (Å²) in [6.45, 7) is 2.48. The van der Waals surface area contributed by atoms with Crippen molar-refractivity contribution in [2.45, 2.75) is 13.5 Å². The summed E-state index contributed by atoms with van der Waals surface area (Å²) in [5.74, 6) is -0.248. The van der Waals surface area contributed by atoms with E-state index >= 15 is 0 Å². The summed E-state index contributed by atoms with van der Waals surface area (Å²) in [7, 11) is 0. The van der Waals surface area contributed by atoms with Crippen molar-refractivity contribution < 1.29 is 4.39 Å². The summed E-state index contributed by atoms with van der Waals surface area (Å²) in [4.78, 5) is 4.61. The number of rotatable bonds is 3. The summed E-state index contributed by atoms with van der Waals surface area (Å²) in [5, 5.41) is 4.43. The average molecular weight is 345 g/mol. The number of benzene rings is 2. The van der Waals surface area contributed by atoms with Gasteiger partial charge in [-0.05, 0) is 52.7 Å². The smallest absolute Gasteiger partial charge is 0.137 e. The molecule has 1 N–H and O–H groups in total. The summed E-state index contributed by atoms with van der Waals surface area (Å²) >= 11 is 3.21. The van der Waals surface area contributed by atoms with Crippen molar-refractivity contribution in [3.05, 3.63) is 70.1 Å². The minimum absolute atomic E-state index is 0.248. The monoisotopic (exact) mass is 344 g/mol. The fraction of sp³-hybridized carbons (Fsp3) is 0.118. The maximum Gasteiger partial charge on any atom is 0.137 e. The number of aromatic nitrogens is 1. The maximum atomic E-state index is 13.4. The molecule has 21 heavy (non-hydrogen) atoms. The second-order valence-electron chi connectivity index (χ2n) is 4.93. The number of hydrogen-bond acceptors (Lipinski definition) is 2. The molecule has 0 saturated heterocycles. The highest BCUT2D eigenvalue weighted by atomic mass is 79.9. The lowest BCUT2D eigenvalue weighted by Crippen LogP contribution is -2.03. The van der Waals surface area contributed by atoms with Crippen LogP contribution in [0.4, 0.5) is 10.1 Å². The van der Waals surface area contributed by atoms with Crippen LogP contribution in [0.15, 0.2) is 53.0 Å². The van der Waals surface area contributed by atoms with Gasteiger partial charge in [0.25, 0.3) is 0 Å². The summed E-state index contributed by atoms with van der Waals surface area (Å²) < 4.78 is 13.9. The zero-order valence-corrected chi connectivity index (χ0v) is 13.1. The molecule has 2 nitrogen and oxygen atoms in total. The third-order valence-corrected chi connectivity index (χ3v) is 3.99. The van der Waals surface area contributed by atoms with Crippen molar-refractivity contribution >= 4 is 32.5 Å². The van der Waals surface area contributed by atoms with E-state index < -0.39 is 0 Å². The Morgan fingerprint density at radius 3 is 2.81 bits per heavy atom. The van der Waals surface area contributed by atoms with Gasteiger partial charge in [-0.2, -0.15) is 0 Å². The third kappa shape index (κ3) is 3.05. The molecule has 0 aliphatic rings. The van der Waals surface area contributed by atoms with E-state index in [1.165, 1.54) is 6.07 Å². The van der Waals surface area contributed by atoms with Gasteiger partial charge in [-0.3, -0.25) is 4.98 Å². The Bertz CT molecular complexity index is 802. The highest BCUT2D eigenvalue weighted by Crippen LogP contribution is 2.24. The van der Waals surface area contributed by atoms with Crippen LogP contribution in [0.3, 0.4) is 0 Å². The number of aryl methyl sites for hydroxylation is 1.